The van der Waals surface area contributed by atoms with Crippen LogP contribution in [0.4, 0.5) is 0 Å². The Morgan fingerprint density at radius 2 is 2.11 bits per heavy atom. The first-order chi connectivity index (χ1) is 8.90. The second-order valence-corrected chi connectivity index (χ2v) is 6.28. The van der Waals surface area contributed by atoms with Crippen LogP contribution in [0.15, 0.2) is 23.1 Å². The Bertz CT molecular complexity index is 520. The third-order valence-electron chi connectivity index (χ3n) is 2.55. The quantitative estimate of drug-likeness (QED) is 0.803. The maximum absolute atomic E-state index is 12.2. The van der Waals surface area contributed by atoms with Gasteiger partial charge in [0.1, 0.15) is 10.6 Å². The standard InChI is InChI=1S/C12H19ClN2O3S/c1-4-14-9(2)8-15-19(16,17)12-7-10(13)5-6-11(12)18-3/h5-7,9,14-15H,4,8H2,1-3H3/t9-/m1/s1. The summed E-state index contributed by atoms with van der Waals surface area (Å²) < 4.78 is 32.0. The zero-order valence-corrected chi connectivity index (χ0v) is 12.8. The smallest absolute Gasteiger partial charge is 0.244 e. The number of benzene rings is 1. The Hall–Kier alpha value is -0.820. The van der Waals surface area contributed by atoms with Crippen molar-refractivity contribution in [3.63, 3.8) is 0 Å². The van der Waals surface area contributed by atoms with Crippen molar-refractivity contribution >= 4 is 21.6 Å². The first kappa shape index (κ1) is 16.2. The Morgan fingerprint density at radius 1 is 1.42 bits per heavy atom. The van der Waals surface area contributed by atoms with Crippen molar-refractivity contribution in [2.24, 2.45) is 0 Å². The Balaban J connectivity index is 2.91. The van der Waals surface area contributed by atoms with E-state index in [4.69, 9.17) is 16.3 Å². The molecule has 0 saturated heterocycles. The topological polar surface area (TPSA) is 67.4 Å². The molecular weight excluding hydrogens is 288 g/mol. The van der Waals surface area contributed by atoms with E-state index >= 15 is 0 Å². The van der Waals surface area contributed by atoms with Gasteiger partial charge in [0.25, 0.3) is 0 Å². The number of rotatable bonds is 7. The van der Waals surface area contributed by atoms with Crippen molar-refractivity contribution in [3.05, 3.63) is 23.2 Å². The molecule has 0 radical (unpaired) electrons. The van der Waals surface area contributed by atoms with Crippen LogP contribution in [0.1, 0.15) is 13.8 Å². The minimum absolute atomic E-state index is 0.0463. The third-order valence-corrected chi connectivity index (χ3v) is 4.23. The lowest BCUT2D eigenvalue weighted by Gasteiger charge is -2.15. The van der Waals surface area contributed by atoms with Gasteiger partial charge in [-0.1, -0.05) is 18.5 Å². The molecule has 0 aliphatic carbocycles. The van der Waals surface area contributed by atoms with Gasteiger partial charge in [-0.05, 0) is 31.7 Å². The molecule has 1 rings (SSSR count). The number of ether oxygens (including phenoxy) is 1. The average molecular weight is 307 g/mol. The molecule has 1 aromatic carbocycles. The number of hydrogen-bond acceptors (Lipinski definition) is 4. The van der Waals surface area contributed by atoms with Gasteiger partial charge in [-0.2, -0.15) is 0 Å². The molecule has 0 saturated carbocycles. The summed E-state index contributed by atoms with van der Waals surface area (Å²) in [7, 11) is -2.22. The van der Waals surface area contributed by atoms with E-state index in [-0.39, 0.29) is 16.7 Å². The van der Waals surface area contributed by atoms with Crippen LogP contribution in [-0.4, -0.2) is 34.7 Å². The minimum atomic E-state index is -3.64. The molecule has 0 heterocycles. The molecular formula is C12H19ClN2O3S. The van der Waals surface area contributed by atoms with Crippen LogP contribution in [0, 0.1) is 0 Å². The summed E-state index contributed by atoms with van der Waals surface area (Å²) in [6.45, 7) is 4.95. The van der Waals surface area contributed by atoms with Crippen LogP contribution < -0.4 is 14.8 Å². The fourth-order valence-corrected chi connectivity index (χ4v) is 3.15. The molecule has 1 aromatic rings. The van der Waals surface area contributed by atoms with Crippen LogP contribution in [0.3, 0.4) is 0 Å². The molecule has 19 heavy (non-hydrogen) atoms. The van der Waals surface area contributed by atoms with E-state index in [1.807, 2.05) is 13.8 Å². The van der Waals surface area contributed by atoms with Crippen molar-refractivity contribution in [3.8, 4) is 5.75 Å². The first-order valence-corrected chi connectivity index (χ1v) is 7.83. The third kappa shape index (κ3) is 4.65. The largest absolute Gasteiger partial charge is 0.495 e. The zero-order valence-electron chi connectivity index (χ0n) is 11.2. The Morgan fingerprint density at radius 3 is 2.68 bits per heavy atom. The van der Waals surface area contributed by atoms with E-state index in [0.29, 0.717) is 11.6 Å². The van der Waals surface area contributed by atoms with E-state index in [1.165, 1.54) is 19.2 Å². The van der Waals surface area contributed by atoms with E-state index in [9.17, 15) is 8.42 Å². The van der Waals surface area contributed by atoms with Gasteiger partial charge in [-0.25, -0.2) is 13.1 Å². The Labute approximate surface area is 119 Å². The predicted octanol–water partition coefficient (Wildman–Crippen LogP) is 1.62. The van der Waals surface area contributed by atoms with Gasteiger partial charge >= 0.3 is 0 Å². The van der Waals surface area contributed by atoms with Gasteiger partial charge in [-0.3, -0.25) is 0 Å². The lowest BCUT2D eigenvalue weighted by atomic mass is 10.3. The van der Waals surface area contributed by atoms with Gasteiger partial charge in [0.15, 0.2) is 0 Å². The van der Waals surface area contributed by atoms with Crippen molar-refractivity contribution in [1.82, 2.24) is 10.0 Å². The van der Waals surface area contributed by atoms with Gasteiger partial charge in [0.2, 0.25) is 10.0 Å². The summed E-state index contributed by atoms with van der Waals surface area (Å²) in [5, 5.41) is 3.47. The maximum Gasteiger partial charge on any atom is 0.244 e. The van der Waals surface area contributed by atoms with Crippen molar-refractivity contribution in [2.75, 3.05) is 20.2 Å². The molecule has 7 heteroatoms. The SMILES string of the molecule is CCN[C@H](C)CNS(=O)(=O)c1cc(Cl)ccc1OC. The lowest BCUT2D eigenvalue weighted by molar-refractivity contribution is 0.402. The summed E-state index contributed by atoms with van der Waals surface area (Å²) in [4.78, 5) is 0.0474. The second-order valence-electron chi connectivity index (χ2n) is 4.11. The van der Waals surface area contributed by atoms with Crippen molar-refractivity contribution in [2.45, 2.75) is 24.8 Å². The summed E-state index contributed by atoms with van der Waals surface area (Å²) in [5.41, 5.74) is 0. The van der Waals surface area contributed by atoms with Gasteiger partial charge in [0, 0.05) is 17.6 Å². The van der Waals surface area contributed by atoms with E-state index in [0.717, 1.165) is 6.54 Å². The predicted molar refractivity (Wildman–Crippen MR) is 76.3 cm³/mol. The van der Waals surface area contributed by atoms with Crippen molar-refractivity contribution < 1.29 is 13.2 Å². The van der Waals surface area contributed by atoms with Gasteiger partial charge < -0.3 is 10.1 Å². The normalized spacial score (nSPS) is 13.3. The monoisotopic (exact) mass is 306 g/mol. The molecule has 108 valence electrons. The average Bonchev–Trinajstić information content (AvgIpc) is 2.37. The zero-order chi connectivity index (χ0) is 14.5. The van der Waals surface area contributed by atoms with Crippen molar-refractivity contribution in [1.29, 1.82) is 0 Å². The van der Waals surface area contributed by atoms with Crippen LogP contribution in [-0.2, 0) is 10.0 Å². The lowest BCUT2D eigenvalue weighted by Crippen LogP contribution is -2.38. The molecule has 0 bridgehead atoms. The number of likely N-dealkylation sites (N-methyl/N-ethyl adjacent to an activating group) is 1. The summed E-state index contributed by atoms with van der Waals surface area (Å²) in [6, 6.07) is 4.54. The van der Waals surface area contributed by atoms with Crippen LogP contribution in [0.5, 0.6) is 5.75 Å². The molecule has 0 aromatic heterocycles. The number of nitrogens with one attached hydrogen (secondary N) is 2. The van der Waals surface area contributed by atoms with Gasteiger partial charge in [-0.15, -0.1) is 0 Å². The number of halogens is 1. The molecule has 0 aliphatic heterocycles. The number of methoxy groups -OCH3 is 1. The fraction of sp³-hybridized carbons (Fsp3) is 0.500. The summed E-state index contributed by atoms with van der Waals surface area (Å²) >= 11 is 5.83. The molecule has 2 N–H and O–H groups in total. The highest BCUT2D eigenvalue weighted by atomic mass is 35.5. The van der Waals surface area contributed by atoms with Crippen LogP contribution in [0.2, 0.25) is 5.02 Å². The molecule has 5 nitrogen and oxygen atoms in total. The van der Waals surface area contributed by atoms with E-state index in [2.05, 4.69) is 10.0 Å². The maximum atomic E-state index is 12.2. The van der Waals surface area contributed by atoms with E-state index < -0.39 is 10.0 Å². The van der Waals surface area contributed by atoms with Crippen LogP contribution >= 0.6 is 11.6 Å². The van der Waals surface area contributed by atoms with Crippen LogP contribution in [0.25, 0.3) is 0 Å². The molecule has 0 fully saturated rings. The highest BCUT2D eigenvalue weighted by molar-refractivity contribution is 7.89. The fourth-order valence-electron chi connectivity index (χ4n) is 1.59. The molecule has 0 aliphatic rings. The minimum Gasteiger partial charge on any atom is -0.495 e. The highest BCUT2D eigenvalue weighted by Gasteiger charge is 2.20. The van der Waals surface area contributed by atoms with Gasteiger partial charge in [0.05, 0.1) is 7.11 Å². The second kappa shape index (κ2) is 7.09. The first-order valence-electron chi connectivity index (χ1n) is 5.97. The summed E-state index contributed by atoms with van der Waals surface area (Å²) in [5.74, 6) is 0.271. The summed E-state index contributed by atoms with van der Waals surface area (Å²) in [6.07, 6.45) is 0. The molecule has 1 atom stereocenters. The molecule has 0 spiro atoms. The molecule has 0 amide bonds. The van der Waals surface area contributed by atoms with E-state index in [1.54, 1.807) is 6.07 Å². The number of hydrogen-bond donors (Lipinski definition) is 2. The molecule has 0 unspecified atom stereocenters. The highest BCUT2D eigenvalue weighted by Crippen LogP contribution is 2.26. The Kier molecular flexibility index (Phi) is 6.06. The number of sulfonamides is 1.